The van der Waals surface area contributed by atoms with Crippen LogP contribution in [0.25, 0.3) is 56.0 Å². The fourth-order valence-corrected chi connectivity index (χ4v) is 7.55. The number of methoxy groups -OCH3 is 1. The van der Waals surface area contributed by atoms with Crippen molar-refractivity contribution < 1.29 is 23.2 Å². The number of esters is 1. The number of nitriles is 1. The van der Waals surface area contributed by atoms with Crippen molar-refractivity contribution in [3.8, 4) is 62.0 Å². The third kappa shape index (κ3) is 10.7. The molecule has 9 rings (SSSR count). The van der Waals surface area contributed by atoms with Gasteiger partial charge in [0.05, 0.1) is 52.8 Å². The van der Waals surface area contributed by atoms with Crippen LogP contribution in [0.5, 0.6) is 0 Å². The molecule has 1 saturated heterocycles. The van der Waals surface area contributed by atoms with Crippen molar-refractivity contribution >= 4 is 83.9 Å². The SMILES string of the molecule is COC(=O)c1nc(Br)cnc1N.N#Cc1cc(C(=O)N2CCCNCC2)ccc1-c1cnc(N)c(-c2nnc(-c3cccs3)o2)n1.Nc1ncc(Br)nc1-c1nnc(-c2cccs2)o1. The topological polar surface area (TPSA) is 316 Å². The monoisotopic (exact) mass is 1030 g/mol. The highest BCUT2D eigenvalue weighted by Crippen LogP contribution is 2.32. The molecule has 8 aromatic rings. The van der Waals surface area contributed by atoms with Gasteiger partial charge in [0.1, 0.15) is 9.21 Å². The van der Waals surface area contributed by atoms with Crippen LogP contribution in [-0.4, -0.2) is 100 Å². The molecule has 1 aliphatic heterocycles. The van der Waals surface area contributed by atoms with E-state index < -0.39 is 5.97 Å². The number of anilines is 3. The Labute approximate surface area is 387 Å². The van der Waals surface area contributed by atoms with Gasteiger partial charge in [-0.3, -0.25) is 4.79 Å². The van der Waals surface area contributed by atoms with Crippen LogP contribution in [0.1, 0.15) is 32.8 Å². The number of halogens is 2. The molecule has 324 valence electrons. The number of hydrogen-bond donors (Lipinski definition) is 4. The number of amides is 1. The van der Waals surface area contributed by atoms with Gasteiger partial charge >= 0.3 is 5.97 Å². The summed E-state index contributed by atoms with van der Waals surface area (Å²) >= 11 is 9.27. The fourth-order valence-electron chi connectivity index (χ4n) is 5.71. The van der Waals surface area contributed by atoms with E-state index in [2.05, 4.69) is 98.3 Å². The van der Waals surface area contributed by atoms with Crippen LogP contribution in [-0.2, 0) is 4.74 Å². The lowest BCUT2D eigenvalue weighted by Crippen LogP contribution is -2.34. The molecule has 0 unspecified atom stereocenters. The number of carbonyl (C=O) groups excluding carboxylic acids is 2. The van der Waals surface area contributed by atoms with Crippen molar-refractivity contribution in [1.29, 1.82) is 5.26 Å². The summed E-state index contributed by atoms with van der Waals surface area (Å²) in [5.74, 6) is 0.945. The summed E-state index contributed by atoms with van der Waals surface area (Å²) in [5, 5.41) is 32.9. The normalized spacial score (nSPS) is 12.2. The first kappa shape index (κ1) is 44.9. The van der Waals surface area contributed by atoms with Crippen LogP contribution in [0.4, 0.5) is 17.5 Å². The van der Waals surface area contributed by atoms with Crippen LogP contribution in [0.15, 0.2) is 89.9 Å². The molecule has 1 fully saturated rings. The quantitative estimate of drug-likeness (QED) is 0.133. The molecule has 25 heteroatoms. The Kier molecular flexibility index (Phi) is 14.6. The predicted molar refractivity (Wildman–Crippen MR) is 243 cm³/mol. The number of nitrogen functional groups attached to an aromatic ring is 3. The molecule has 0 saturated carbocycles. The molecular weight excluding hydrogens is 996 g/mol. The van der Waals surface area contributed by atoms with E-state index in [1.165, 1.54) is 48.4 Å². The highest BCUT2D eigenvalue weighted by atomic mass is 79.9. The van der Waals surface area contributed by atoms with E-state index in [1.807, 2.05) is 35.0 Å². The van der Waals surface area contributed by atoms with E-state index >= 15 is 0 Å². The van der Waals surface area contributed by atoms with Gasteiger partial charge in [-0.05, 0) is 79.9 Å². The second kappa shape index (κ2) is 20.8. The summed E-state index contributed by atoms with van der Waals surface area (Å²) in [5.41, 5.74) is 19.5. The number of ether oxygens (including phenoxy) is 1. The lowest BCUT2D eigenvalue weighted by Gasteiger charge is -2.20. The number of nitrogens with two attached hydrogens (primary N) is 3. The molecule has 8 heterocycles. The molecule has 21 nitrogen and oxygen atoms in total. The summed E-state index contributed by atoms with van der Waals surface area (Å²) in [4.78, 5) is 51.9. The molecule has 0 aliphatic carbocycles. The van der Waals surface area contributed by atoms with Crippen LogP contribution in [0.3, 0.4) is 0 Å². The smallest absolute Gasteiger partial charge is 0.360 e. The zero-order chi connectivity index (χ0) is 45.2. The van der Waals surface area contributed by atoms with E-state index in [1.54, 1.807) is 23.1 Å². The molecule has 7 aromatic heterocycles. The molecule has 7 N–H and O–H groups in total. The minimum atomic E-state index is -0.596. The number of thiophene rings is 2. The summed E-state index contributed by atoms with van der Waals surface area (Å²) in [7, 11) is 1.25. The number of hydrogen-bond acceptors (Lipinski definition) is 22. The van der Waals surface area contributed by atoms with Crippen LogP contribution in [0.2, 0.25) is 0 Å². The Bertz CT molecular complexity index is 2930. The van der Waals surface area contributed by atoms with E-state index in [4.69, 9.17) is 26.0 Å². The molecule has 0 atom stereocenters. The van der Waals surface area contributed by atoms with Gasteiger partial charge in [-0.15, -0.1) is 43.1 Å². The molecule has 0 bridgehead atoms. The van der Waals surface area contributed by atoms with Crippen molar-refractivity contribution in [1.82, 2.24) is 60.5 Å². The average Bonchev–Trinajstić information content (AvgIpc) is 4.16. The van der Waals surface area contributed by atoms with Crippen molar-refractivity contribution in [2.75, 3.05) is 50.5 Å². The molecular formula is C39H32Br2N16O5S2. The van der Waals surface area contributed by atoms with Crippen molar-refractivity contribution in [2.24, 2.45) is 0 Å². The number of aromatic nitrogens is 10. The molecule has 1 amide bonds. The van der Waals surface area contributed by atoms with E-state index in [9.17, 15) is 14.9 Å². The highest BCUT2D eigenvalue weighted by molar-refractivity contribution is 9.10. The number of carbonyl (C=O) groups is 2. The van der Waals surface area contributed by atoms with Crippen LogP contribution < -0.4 is 22.5 Å². The minimum absolute atomic E-state index is 0.0203. The standard InChI is InChI=1S/C23H20N8O2S.C10H6BrN5OS.C6H6BrN3O2/c24-12-15-11-14(23(32)31-8-2-6-26-7-9-31)4-5-16(15)17-13-27-20(25)19(28-17)22-30-29-21(33-22)18-3-1-10-34-18;11-6-4-13-8(12)7(14-6)10-16-15-9(17-10)5-2-1-3-18-5;1-12-6(11)4-5(8)9-2-3(7)10-4/h1,3-5,10-11,13,26H,2,6-9H2,(H2,25,27);1-4H,(H2,12,13);2H,1H3,(H2,8,9). The third-order valence-corrected chi connectivity index (χ3v) is 11.2. The Hall–Kier alpha value is -7.11. The number of benzene rings is 1. The summed E-state index contributed by atoms with van der Waals surface area (Å²) in [6, 6.07) is 14.7. The maximum Gasteiger partial charge on any atom is 0.360 e. The van der Waals surface area contributed by atoms with Gasteiger partial charge in [0.25, 0.3) is 29.5 Å². The first-order chi connectivity index (χ1) is 31.0. The van der Waals surface area contributed by atoms with E-state index in [-0.39, 0.29) is 46.5 Å². The second-order valence-electron chi connectivity index (χ2n) is 12.9. The summed E-state index contributed by atoms with van der Waals surface area (Å²) < 4.78 is 16.7. The highest BCUT2D eigenvalue weighted by Gasteiger charge is 2.22. The minimum Gasteiger partial charge on any atom is -0.464 e. The summed E-state index contributed by atoms with van der Waals surface area (Å²) in [6.45, 7) is 2.95. The first-order valence-corrected chi connectivity index (χ1v) is 21.9. The first-order valence-electron chi connectivity index (χ1n) is 18.6. The third-order valence-electron chi connectivity index (χ3n) is 8.73. The summed E-state index contributed by atoms with van der Waals surface area (Å²) in [6.07, 6.45) is 5.29. The van der Waals surface area contributed by atoms with Crippen LogP contribution in [0, 0.1) is 11.3 Å². The van der Waals surface area contributed by atoms with Gasteiger partial charge < -0.3 is 41.0 Å². The van der Waals surface area contributed by atoms with Gasteiger partial charge in [-0.25, -0.2) is 34.7 Å². The van der Waals surface area contributed by atoms with Gasteiger partial charge in [-0.1, -0.05) is 18.2 Å². The van der Waals surface area contributed by atoms with Gasteiger partial charge in [0.2, 0.25) is 0 Å². The van der Waals surface area contributed by atoms with Crippen molar-refractivity contribution in [2.45, 2.75) is 6.42 Å². The van der Waals surface area contributed by atoms with Crippen LogP contribution >= 0.6 is 54.5 Å². The average molecular weight is 1030 g/mol. The van der Waals surface area contributed by atoms with Gasteiger partial charge in [-0.2, -0.15) is 5.26 Å². The maximum atomic E-state index is 13.0. The lowest BCUT2D eigenvalue weighted by molar-refractivity contribution is 0.0594. The fraction of sp³-hybridized carbons (Fsp3) is 0.154. The number of nitrogens with zero attached hydrogens (tertiary/aromatic N) is 12. The molecule has 1 aliphatic rings. The largest absolute Gasteiger partial charge is 0.464 e. The molecule has 0 radical (unpaired) electrons. The maximum absolute atomic E-state index is 13.0. The van der Waals surface area contributed by atoms with E-state index in [0.29, 0.717) is 62.2 Å². The Morgan fingerprint density at radius 1 is 0.781 bits per heavy atom. The van der Waals surface area contributed by atoms with Gasteiger partial charge in [0.15, 0.2) is 34.5 Å². The van der Waals surface area contributed by atoms with Crippen molar-refractivity contribution in [3.05, 3.63) is 97.8 Å². The predicted octanol–water partition coefficient (Wildman–Crippen LogP) is 6.02. The Balaban J connectivity index is 0.000000169. The number of rotatable bonds is 7. The lowest BCUT2D eigenvalue weighted by atomic mass is 10.0. The van der Waals surface area contributed by atoms with Gasteiger partial charge in [0, 0.05) is 30.8 Å². The van der Waals surface area contributed by atoms with Crippen molar-refractivity contribution in [3.63, 3.8) is 0 Å². The molecule has 0 spiro atoms. The zero-order valence-corrected chi connectivity index (χ0v) is 38.0. The Morgan fingerprint density at radius 2 is 1.38 bits per heavy atom. The zero-order valence-electron chi connectivity index (χ0n) is 33.2. The van der Waals surface area contributed by atoms with E-state index in [0.717, 1.165) is 29.3 Å². The second-order valence-corrected chi connectivity index (χ2v) is 16.4. The Morgan fingerprint density at radius 3 is 1.98 bits per heavy atom. The molecule has 64 heavy (non-hydrogen) atoms. The number of nitrogens with one attached hydrogen (secondary N) is 1. The molecule has 1 aromatic carbocycles.